The lowest BCUT2D eigenvalue weighted by Gasteiger charge is -1.99. The van der Waals surface area contributed by atoms with Crippen LogP contribution in [-0.4, -0.2) is 22.3 Å². The summed E-state index contributed by atoms with van der Waals surface area (Å²) in [5, 5.41) is 8.64. The summed E-state index contributed by atoms with van der Waals surface area (Å²) in [6, 6.07) is 1.13. The number of hydrogen-bond acceptors (Lipinski definition) is 3. The maximum atomic E-state index is 11.0. The minimum atomic E-state index is -1.22. The van der Waals surface area contributed by atoms with Gasteiger partial charge in [0.25, 0.3) is 5.56 Å². The molecule has 0 atom stereocenters. The van der Waals surface area contributed by atoms with Crippen molar-refractivity contribution in [1.29, 1.82) is 0 Å². The van der Waals surface area contributed by atoms with E-state index in [2.05, 4.69) is 4.98 Å². The van der Waals surface area contributed by atoms with Crippen molar-refractivity contribution in [2.45, 2.75) is 6.92 Å². The summed E-state index contributed by atoms with van der Waals surface area (Å²) >= 11 is 0. The van der Waals surface area contributed by atoms with Crippen LogP contribution in [0.15, 0.2) is 10.9 Å². The van der Waals surface area contributed by atoms with E-state index in [1.165, 1.54) is 6.92 Å². The molecule has 0 saturated heterocycles. The number of aromatic carboxylic acids is 1. The van der Waals surface area contributed by atoms with Gasteiger partial charge in [0.05, 0.1) is 11.3 Å². The number of H-pyrrole nitrogens is 1. The first kappa shape index (κ1) is 9.18. The van der Waals surface area contributed by atoms with Crippen LogP contribution in [-0.2, 0) is 0 Å². The van der Waals surface area contributed by atoms with Crippen LogP contribution in [0.4, 0.5) is 0 Å². The largest absolute Gasteiger partial charge is 0.478 e. The van der Waals surface area contributed by atoms with E-state index in [9.17, 15) is 14.4 Å². The molecule has 0 aromatic carbocycles. The minimum absolute atomic E-state index is 0.0343. The van der Waals surface area contributed by atoms with Crippen molar-refractivity contribution in [3.8, 4) is 0 Å². The van der Waals surface area contributed by atoms with E-state index in [-0.39, 0.29) is 16.8 Å². The summed E-state index contributed by atoms with van der Waals surface area (Å²) < 4.78 is 0. The van der Waals surface area contributed by atoms with Crippen LogP contribution < -0.4 is 5.56 Å². The molecule has 0 fully saturated rings. The van der Waals surface area contributed by atoms with E-state index in [4.69, 9.17) is 5.11 Å². The van der Waals surface area contributed by atoms with Crippen molar-refractivity contribution in [1.82, 2.24) is 4.98 Å². The second-order valence-electron chi connectivity index (χ2n) is 2.52. The molecule has 0 amide bonds. The van der Waals surface area contributed by atoms with Crippen LogP contribution in [0.2, 0.25) is 0 Å². The Morgan fingerprint density at radius 2 is 2.23 bits per heavy atom. The molecule has 13 heavy (non-hydrogen) atoms. The lowest BCUT2D eigenvalue weighted by molar-refractivity contribution is 0.0696. The Kier molecular flexibility index (Phi) is 2.27. The third-order valence-electron chi connectivity index (χ3n) is 1.66. The van der Waals surface area contributed by atoms with Crippen LogP contribution in [0.3, 0.4) is 0 Å². The molecule has 0 aliphatic heterocycles. The lowest BCUT2D eigenvalue weighted by Crippen LogP contribution is -2.17. The monoisotopic (exact) mass is 181 g/mol. The molecule has 0 aliphatic carbocycles. The van der Waals surface area contributed by atoms with Crippen LogP contribution in [0.1, 0.15) is 26.4 Å². The van der Waals surface area contributed by atoms with Gasteiger partial charge in [0.1, 0.15) is 0 Å². The summed E-state index contributed by atoms with van der Waals surface area (Å²) in [5.41, 5.74) is -0.640. The number of hydrogen-bond donors (Lipinski definition) is 2. The summed E-state index contributed by atoms with van der Waals surface area (Å²) in [5.74, 6) is -1.22. The summed E-state index contributed by atoms with van der Waals surface area (Å²) in [6.45, 7) is 1.39. The van der Waals surface area contributed by atoms with E-state index >= 15 is 0 Å². The number of aldehydes is 1. The maximum Gasteiger partial charge on any atom is 0.336 e. The van der Waals surface area contributed by atoms with Crippen molar-refractivity contribution < 1.29 is 14.7 Å². The topological polar surface area (TPSA) is 87.2 Å². The molecule has 2 N–H and O–H groups in total. The third-order valence-corrected chi connectivity index (χ3v) is 1.66. The van der Waals surface area contributed by atoms with Crippen LogP contribution in [0.5, 0.6) is 0 Å². The molecule has 5 nitrogen and oxygen atoms in total. The lowest BCUT2D eigenvalue weighted by atomic mass is 10.1. The van der Waals surface area contributed by atoms with Gasteiger partial charge in [-0.25, -0.2) is 4.79 Å². The fraction of sp³-hybridized carbons (Fsp3) is 0.125. The first-order valence-electron chi connectivity index (χ1n) is 3.48. The highest BCUT2D eigenvalue weighted by molar-refractivity contribution is 5.90. The Labute approximate surface area is 73.0 Å². The molecule has 1 heterocycles. The molecule has 68 valence electrons. The number of carbonyl (C=O) groups is 2. The average molecular weight is 181 g/mol. The average Bonchev–Trinajstić information content (AvgIpc) is 2.09. The van der Waals surface area contributed by atoms with Gasteiger partial charge in [-0.05, 0) is 13.0 Å². The highest BCUT2D eigenvalue weighted by Gasteiger charge is 2.10. The Hall–Kier alpha value is -1.91. The Morgan fingerprint density at radius 3 is 2.69 bits per heavy atom. The maximum absolute atomic E-state index is 11.0. The van der Waals surface area contributed by atoms with Gasteiger partial charge >= 0.3 is 5.97 Å². The van der Waals surface area contributed by atoms with Gasteiger partial charge in [-0.1, -0.05) is 0 Å². The molecular weight excluding hydrogens is 174 g/mol. The van der Waals surface area contributed by atoms with Gasteiger partial charge in [-0.2, -0.15) is 0 Å². The van der Waals surface area contributed by atoms with Crippen molar-refractivity contribution in [3.05, 3.63) is 33.2 Å². The molecule has 1 aromatic heterocycles. The van der Waals surface area contributed by atoms with Crippen LogP contribution in [0.25, 0.3) is 0 Å². The molecule has 1 rings (SSSR count). The molecule has 1 aromatic rings. The first-order chi connectivity index (χ1) is 6.06. The normalized spacial score (nSPS) is 9.62. The second-order valence-corrected chi connectivity index (χ2v) is 2.52. The molecule has 0 bridgehead atoms. The number of carboxylic acids is 1. The molecule has 0 saturated carbocycles. The van der Waals surface area contributed by atoms with E-state index in [0.29, 0.717) is 6.29 Å². The molecule has 5 heteroatoms. The molecule has 0 unspecified atom stereocenters. The van der Waals surface area contributed by atoms with Crippen molar-refractivity contribution in [2.75, 3.05) is 0 Å². The number of carboxylic acid groups (broad SMARTS) is 1. The zero-order chi connectivity index (χ0) is 10.0. The number of aromatic amines is 1. The molecule has 0 radical (unpaired) electrons. The summed E-state index contributed by atoms with van der Waals surface area (Å²) in [7, 11) is 0. The predicted molar refractivity (Wildman–Crippen MR) is 44.1 cm³/mol. The van der Waals surface area contributed by atoms with Gasteiger partial charge < -0.3 is 10.1 Å². The zero-order valence-corrected chi connectivity index (χ0v) is 6.83. The van der Waals surface area contributed by atoms with Gasteiger partial charge in [0.2, 0.25) is 0 Å². The summed E-state index contributed by atoms with van der Waals surface area (Å²) in [4.78, 5) is 34.1. The molecular formula is C8H7NO4. The van der Waals surface area contributed by atoms with Gasteiger partial charge in [-0.15, -0.1) is 0 Å². The van der Waals surface area contributed by atoms with E-state index in [1.54, 1.807) is 0 Å². The Bertz CT molecular complexity index is 419. The van der Waals surface area contributed by atoms with Gasteiger partial charge in [-0.3, -0.25) is 9.59 Å². The predicted octanol–water partition coefficient (Wildman–Crippen LogP) is 0.194. The summed E-state index contributed by atoms with van der Waals surface area (Å²) in [6.07, 6.45) is 0.396. The second kappa shape index (κ2) is 3.22. The highest BCUT2D eigenvalue weighted by Crippen LogP contribution is 2.02. The minimum Gasteiger partial charge on any atom is -0.478 e. The fourth-order valence-electron chi connectivity index (χ4n) is 0.933. The molecule has 0 aliphatic rings. The van der Waals surface area contributed by atoms with Crippen molar-refractivity contribution in [3.63, 3.8) is 0 Å². The fourth-order valence-corrected chi connectivity index (χ4v) is 0.933. The third kappa shape index (κ3) is 1.64. The smallest absolute Gasteiger partial charge is 0.336 e. The number of rotatable bonds is 2. The SMILES string of the molecule is Cc1c(C(=O)O)cc(C=O)[nH]c1=O. The van der Waals surface area contributed by atoms with Crippen molar-refractivity contribution >= 4 is 12.3 Å². The van der Waals surface area contributed by atoms with Crippen LogP contribution >= 0.6 is 0 Å². The van der Waals surface area contributed by atoms with Gasteiger partial charge in [0.15, 0.2) is 6.29 Å². The van der Waals surface area contributed by atoms with Crippen LogP contribution in [0, 0.1) is 6.92 Å². The molecule has 0 spiro atoms. The number of pyridine rings is 1. The van der Waals surface area contributed by atoms with E-state index < -0.39 is 11.5 Å². The Balaban J connectivity index is 3.50. The number of carbonyl (C=O) groups excluding carboxylic acids is 1. The zero-order valence-electron chi connectivity index (χ0n) is 6.83. The quantitative estimate of drug-likeness (QED) is 0.637. The number of nitrogens with one attached hydrogen (secondary N) is 1. The van der Waals surface area contributed by atoms with E-state index in [0.717, 1.165) is 6.07 Å². The standard InChI is InChI=1S/C8H7NO4/c1-4-6(8(12)13)2-5(3-10)9-7(4)11/h2-3H,1H3,(H,9,11)(H,12,13). The first-order valence-corrected chi connectivity index (χ1v) is 3.48. The highest BCUT2D eigenvalue weighted by atomic mass is 16.4. The Morgan fingerprint density at radius 1 is 1.62 bits per heavy atom. The number of aromatic nitrogens is 1. The van der Waals surface area contributed by atoms with Gasteiger partial charge in [0, 0.05) is 5.56 Å². The van der Waals surface area contributed by atoms with E-state index in [1.807, 2.05) is 0 Å². The van der Waals surface area contributed by atoms with Crippen molar-refractivity contribution in [2.24, 2.45) is 0 Å².